The number of ether oxygens (including phenoxy) is 1. The van der Waals surface area contributed by atoms with Gasteiger partial charge in [-0.05, 0) is 6.42 Å². The fourth-order valence-electron chi connectivity index (χ4n) is 1.46. The van der Waals surface area contributed by atoms with Crippen molar-refractivity contribution in [3.63, 3.8) is 0 Å². The standard InChI is InChI=1S/C10H20N2O3S/c1-2-9(11)7-16(14)8-10(13)12-3-5-15-6-4-12/h9H,2-8,11H2,1H3. The molecule has 0 bridgehead atoms. The first-order valence-electron chi connectivity index (χ1n) is 5.59. The van der Waals surface area contributed by atoms with Gasteiger partial charge in [-0.3, -0.25) is 9.00 Å². The maximum atomic E-state index is 11.7. The Bertz CT molecular complexity index is 254. The Morgan fingerprint density at radius 2 is 2.12 bits per heavy atom. The van der Waals surface area contributed by atoms with Gasteiger partial charge in [-0.2, -0.15) is 0 Å². The van der Waals surface area contributed by atoms with E-state index in [-0.39, 0.29) is 17.7 Å². The number of hydrogen-bond donors (Lipinski definition) is 1. The summed E-state index contributed by atoms with van der Waals surface area (Å²) in [7, 11) is -1.14. The van der Waals surface area contributed by atoms with E-state index in [4.69, 9.17) is 10.5 Å². The number of amides is 1. The highest BCUT2D eigenvalue weighted by molar-refractivity contribution is 7.85. The van der Waals surface area contributed by atoms with E-state index in [0.717, 1.165) is 6.42 Å². The summed E-state index contributed by atoms with van der Waals surface area (Å²) in [5, 5.41) is 0. The lowest BCUT2D eigenvalue weighted by molar-refractivity contribution is -0.132. The zero-order chi connectivity index (χ0) is 12.0. The quantitative estimate of drug-likeness (QED) is 0.700. The van der Waals surface area contributed by atoms with Crippen molar-refractivity contribution in [2.75, 3.05) is 37.8 Å². The molecule has 2 unspecified atom stereocenters. The van der Waals surface area contributed by atoms with Gasteiger partial charge >= 0.3 is 0 Å². The third kappa shape index (κ3) is 4.59. The molecule has 2 N–H and O–H groups in total. The largest absolute Gasteiger partial charge is 0.378 e. The van der Waals surface area contributed by atoms with E-state index >= 15 is 0 Å². The average molecular weight is 248 g/mol. The zero-order valence-electron chi connectivity index (χ0n) is 9.68. The van der Waals surface area contributed by atoms with Crippen molar-refractivity contribution >= 4 is 16.7 Å². The number of carbonyl (C=O) groups is 1. The van der Waals surface area contributed by atoms with Crippen LogP contribution in [0.5, 0.6) is 0 Å². The topological polar surface area (TPSA) is 72.6 Å². The van der Waals surface area contributed by atoms with Crippen LogP contribution >= 0.6 is 0 Å². The van der Waals surface area contributed by atoms with Gasteiger partial charge in [-0.1, -0.05) is 6.92 Å². The molecule has 0 aromatic rings. The molecule has 1 fully saturated rings. The average Bonchev–Trinajstić information content (AvgIpc) is 2.29. The van der Waals surface area contributed by atoms with Gasteiger partial charge in [0.05, 0.1) is 13.2 Å². The van der Waals surface area contributed by atoms with Gasteiger partial charge in [-0.15, -0.1) is 0 Å². The minimum absolute atomic E-state index is 0.0510. The van der Waals surface area contributed by atoms with Crippen molar-refractivity contribution in [1.29, 1.82) is 0 Å². The molecule has 1 heterocycles. The summed E-state index contributed by atoms with van der Waals surface area (Å²) in [6.45, 7) is 4.32. The van der Waals surface area contributed by atoms with Crippen molar-refractivity contribution in [3.05, 3.63) is 0 Å². The molecule has 2 atom stereocenters. The summed E-state index contributed by atoms with van der Waals surface area (Å²) < 4.78 is 16.8. The predicted molar refractivity (Wildman–Crippen MR) is 63.5 cm³/mol. The van der Waals surface area contributed by atoms with Crippen LogP contribution in [-0.4, -0.2) is 58.9 Å². The molecule has 6 heteroatoms. The van der Waals surface area contributed by atoms with Crippen LogP contribution in [0, 0.1) is 0 Å². The Kier molecular flexibility index (Phi) is 5.94. The van der Waals surface area contributed by atoms with Crippen LogP contribution in [0.25, 0.3) is 0 Å². The normalized spacial score (nSPS) is 20.5. The lowest BCUT2D eigenvalue weighted by Crippen LogP contribution is -2.43. The Labute approximate surface area is 98.8 Å². The molecular formula is C10H20N2O3S. The maximum absolute atomic E-state index is 11.7. The SMILES string of the molecule is CCC(N)CS(=O)CC(=O)N1CCOCC1. The zero-order valence-corrected chi connectivity index (χ0v) is 10.5. The van der Waals surface area contributed by atoms with Gasteiger partial charge < -0.3 is 15.4 Å². The number of nitrogens with zero attached hydrogens (tertiary/aromatic N) is 1. The summed E-state index contributed by atoms with van der Waals surface area (Å²) in [6.07, 6.45) is 0.789. The fourth-order valence-corrected chi connectivity index (χ4v) is 2.75. The lowest BCUT2D eigenvalue weighted by atomic mass is 10.3. The fraction of sp³-hybridized carbons (Fsp3) is 0.900. The number of rotatable bonds is 5. The van der Waals surface area contributed by atoms with E-state index < -0.39 is 10.8 Å². The molecule has 0 aromatic carbocycles. The summed E-state index contributed by atoms with van der Waals surface area (Å²) >= 11 is 0. The molecule has 1 amide bonds. The first-order valence-corrected chi connectivity index (χ1v) is 7.08. The van der Waals surface area contributed by atoms with Crippen LogP contribution in [0.1, 0.15) is 13.3 Å². The van der Waals surface area contributed by atoms with Crippen LogP contribution in [0.4, 0.5) is 0 Å². The molecule has 0 aromatic heterocycles. The Balaban J connectivity index is 2.29. The molecular weight excluding hydrogens is 228 g/mol. The lowest BCUT2D eigenvalue weighted by Gasteiger charge is -2.26. The summed E-state index contributed by atoms with van der Waals surface area (Å²) in [4.78, 5) is 13.4. The molecule has 5 nitrogen and oxygen atoms in total. The molecule has 1 aliphatic heterocycles. The summed E-state index contributed by atoms with van der Waals surface area (Å²) in [5.74, 6) is 0.449. The highest BCUT2D eigenvalue weighted by Crippen LogP contribution is 2.00. The molecule has 1 saturated heterocycles. The smallest absolute Gasteiger partial charge is 0.235 e. The molecule has 94 valence electrons. The Hall–Kier alpha value is -0.460. The first kappa shape index (κ1) is 13.6. The van der Waals surface area contributed by atoms with Gasteiger partial charge in [-0.25, -0.2) is 0 Å². The van der Waals surface area contributed by atoms with Gasteiger partial charge in [0.25, 0.3) is 0 Å². The molecule has 1 aliphatic rings. The van der Waals surface area contributed by atoms with Gasteiger partial charge in [0, 0.05) is 35.7 Å². The summed E-state index contributed by atoms with van der Waals surface area (Å²) in [5.41, 5.74) is 5.69. The second kappa shape index (κ2) is 6.98. The van der Waals surface area contributed by atoms with Gasteiger partial charge in [0.15, 0.2) is 0 Å². The van der Waals surface area contributed by atoms with Crippen molar-refractivity contribution in [2.45, 2.75) is 19.4 Å². The van der Waals surface area contributed by atoms with Crippen LogP contribution in [0.15, 0.2) is 0 Å². The second-order valence-corrected chi connectivity index (χ2v) is 5.41. The summed E-state index contributed by atoms with van der Waals surface area (Å²) in [6, 6.07) is -0.0710. The molecule has 1 rings (SSSR count). The maximum Gasteiger partial charge on any atom is 0.235 e. The van der Waals surface area contributed by atoms with E-state index in [0.29, 0.717) is 32.1 Å². The molecule has 0 aliphatic carbocycles. The van der Waals surface area contributed by atoms with Gasteiger partial charge in [0.1, 0.15) is 5.75 Å². The molecule has 16 heavy (non-hydrogen) atoms. The van der Waals surface area contributed by atoms with E-state index in [9.17, 15) is 9.00 Å². The van der Waals surface area contributed by atoms with Gasteiger partial charge in [0.2, 0.25) is 5.91 Å². The third-order valence-electron chi connectivity index (χ3n) is 2.57. The van der Waals surface area contributed by atoms with Crippen LogP contribution < -0.4 is 5.73 Å². The van der Waals surface area contributed by atoms with Crippen LogP contribution in [-0.2, 0) is 20.3 Å². The highest BCUT2D eigenvalue weighted by Gasteiger charge is 2.19. The van der Waals surface area contributed by atoms with Crippen LogP contribution in [0.2, 0.25) is 0 Å². The number of nitrogens with two attached hydrogens (primary N) is 1. The minimum atomic E-state index is -1.14. The second-order valence-electron chi connectivity index (χ2n) is 3.91. The third-order valence-corrected chi connectivity index (χ3v) is 3.94. The van der Waals surface area contributed by atoms with Crippen molar-refractivity contribution in [3.8, 4) is 0 Å². The van der Waals surface area contributed by atoms with Crippen LogP contribution in [0.3, 0.4) is 0 Å². The Morgan fingerprint density at radius 3 is 2.69 bits per heavy atom. The van der Waals surface area contributed by atoms with Crippen molar-refractivity contribution < 1.29 is 13.7 Å². The minimum Gasteiger partial charge on any atom is -0.378 e. The van der Waals surface area contributed by atoms with E-state index in [1.807, 2.05) is 6.92 Å². The first-order chi connectivity index (χ1) is 7.63. The van der Waals surface area contributed by atoms with E-state index in [1.54, 1.807) is 4.90 Å². The molecule has 0 spiro atoms. The van der Waals surface area contributed by atoms with Crippen molar-refractivity contribution in [2.24, 2.45) is 5.73 Å². The monoisotopic (exact) mass is 248 g/mol. The number of carbonyl (C=O) groups excluding carboxylic acids is 1. The Morgan fingerprint density at radius 1 is 1.50 bits per heavy atom. The number of hydrogen-bond acceptors (Lipinski definition) is 4. The molecule has 0 saturated carbocycles. The van der Waals surface area contributed by atoms with E-state index in [2.05, 4.69) is 0 Å². The van der Waals surface area contributed by atoms with Crippen molar-refractivity contribution in [1.82, 2.24) is 4.90 Å². The van der Waals surface area contributed by atoms with E-state index in [1.165, 1.54) is 0 Å². The predicted octanol–water partition coefficient (Wildman–Crippen LogP) is -0.669. The highest BCUT2D eigenvalue weighted by atomic mass is 32.2. The number of morpholine rings is 1. The molecule has 0 radical (unpaired) electrons.